The average Bonchev–Trinajstić information content (AvgIpc) is 3.93. The Balaban J connectivity index is 1.31. The van der Waals surface area contributed by atoms with Crippen molar-refractivity contribution in [3.63, 3.8) is 0 Å². The number of fused-ring (bicyclic) bond motifs is 17. The van der Waals surface area contributed by atoms with Gasteiger partial charge < -0.3 is 8.80 Å². The van der Waals surface area contributed by atoms with Crippen LogP contribution < -0.4 is 0 Å². The molecule has 2 heteroatoms. The van der Waals surface area contributed by atoms with Crippen molar-refractivity contribution in [1.82, 2.24) is 8.80 Å². The SMILES string of the molecule is C1#CC(C2(C3C=CC=CC3)c3ccccc3-c3ccc4c5cc6c(c7cccc8c9ccccc9n6c87)c6c7ccccc7n(c4c32)c56)=CC=CC1. The van der Waals surface area contributed by atoms with Crippen molar-refractivity contribution < 1.29 is 0 Å². The van der Waals surface area contributed by atoms with E-state index in [1.807, 2.05) is 0 Å². The number of hydrogen-bond donors (Lipinski definition) is 0. The molecule has 3 aliphatic rings. The quantitative estimate of drug-likeness (QED) is 0.163. The molecule has 0 radical (unpaired) electrons. The minimum Gasteiger partial charge on any atom is -0.308 e. The van der Waals surface area contributed by atoms with Crippen LogP contribution in [0.2, 0.25) is 0 Å². The number of aromatic nitrogens is 2. The van der Waals surface area contributed by atoms with E-state index < -0.39 is 5.41 Å². The summed E-state index contributed by atoms with van der Waals surface area (Å²) in [6.07, 6.45) is 17.7. The largest absolute Gasteiger partial charge is 0.308 e. The molecule has 0 N–H and O–H groups in total. The molecule has 0 saturated heterocycles. The van der Waals surface area contributed by atoms with Gasteiger partial charge in [-0.1, -0.05) is 139 Å². The number of para-hydroxylation sites is 3. The van der Waals surface area contributed by atoms with Crippen molar-refractivity contribution >= 4 is 76.2 Å². The summed E-state index contributed by atoms with van der Waals surface area (Å²) in [5.74, 6) is 7.50. The molecule has 2 atom stereocenters. The summed E-state index contributed by atoms with van der Waals surface area (Å²) in [4.78, 5) is 0. The molecule has 2 nitrogen and oxygen atoms in total. The number of benzene rings is 6. The Morgan fingerprint density at radius 3 is 2.25 bits per heavy atom. The zero-order valence-electron chi connectivity index (χ0n) is 28.3. The molecule has 10 aromatic rings. The van der Waals surface area contributed by atoms with Gasteiger partial charge in [0.1, 0.15) is 0 Å². The fraction of sp³-hybridized carbons (Fsp3) is 0.0800. The van der Waals surface area contributed by atoms with Crippen molar-refractivity contribution in [3.05, 3.63) is 168 Å². The summed E-state index contributed by atoms with van der Waals surface area (Å²) in [5.41, 5.74) is 13.9. The van der Waals surface area contributed by atoms with Gasteiger partial charge >= 0.3 is 0 Å². The van der Waals surface area contributed by atoms with E-state index in [2.05, 4.69) is 172 Å². The second-order valence-electron chi connectivity index (χ2n) is 14.9. The van der Waals surface area contributed by atoms with Gasteiger partial charge in [0, 0.05) is 60.6 Å². The van der Waals surface area contributed by atoms with E-state index in [1.54, 1.807) is 0 Å². The molecule has 4 heterocycles. The molecular weight excluding hydrogens is 629 g/mol. The normalized spacial score (nSPS) is 19.5. The zero-order valence-corrected chi connectivity index (χ0v) is 28.3. The predicted octanol–water partition coefficient (Wildman–Crippen LogP) is 12.3. The molecule has 6 aromatic carbocycles. The Kier molecular flexibility index (Phi) is 4.92. The minimum atomic E-state index is -0.460. The maximum absolute atomic E-state index is 3.76. The summed E-state index contributed by atoms with van der Waals surface area (Å²) >= 11 is 0. The second-order valence-corrected chi connectivity index (χ2v) is 14.9. The molecule has 4 aromatic heterocycles. The number of allylic oxidation sites excluding steroid dienone is 8. The molecule has 52 heavy (non-hydrogen) atoms. The zero-order chi connectivity index (χ0) is 33.7. The number of nitrogens with zero attached hydrogens (tertiary/aromatic N) is 2. The molecule has 0 amide bonds. The van der Waals surface area contributed by atoms with Crippen LogP contribution in [0.5, 0.6) is 0 Å². The van der Waals surface area contributed by atoms with Crippen LogP contribution in [0.1, 0.15) is 24.0 Å². The lowest BCUT2D eigenvalue weighted by Gasteiger charge is -2.39. The van der Waals surface area contributed by atoms with Gasteiger partial charge in [-0.3, -0.25) is 0 Å². The highest BCUT2D eigenvalue weighted by atomic mass is 14.9. The second kappa shape index (κ2) is 9.40. The summed E-state index contributed by atoms with van der Waals surface area (Å²) in [6, 6.07) is 41.4. The Morgan fingerprint density at radius 2 is 1.35 bits per heavy atom. The van der Waals surface area contributed by atoms with E-state index in [0.717, 1.165) is 12.8 Å². The van der Waals surface area contributed by atoms with Gasteiger partial charge in [-0.2, -0.15) is 0 Å². The van der Waals surface area contributed by atoms with E-state index in [4.69, 9.17) is 0 Å². The first kappa shape index (κ1) is 27.2. The highest BCUT2D eigenvalue weighted by molar-refractivity contribution is 6.38. The molecule has 13 rings (SSSR count). The predicted molar refractivity (Wildman–Crippen MR) is 218 cm³/mol. The Morgan fingerprint density at radius 1 is 0.558 bits per heavy atom. The summed E-state index contributed by atoms with van der Waals surface area (Å²) < 4.78 is 5.18. The lowest BCUT2D eigenvalue weighted by atomic mass is 9.61. The van der Waals surface area contributed by atoms with Crippen LogP contribution in [0, 0.1) is 17.8 Å². The van der Waals surface area contributed by atoms with Gasteiger partial charge in [0.25, 0.3) is 0 Å². The molecule has 0 fully saturated rings. The third-order valence-electron chi connectivity index (χ3n) is 12.7. The van der Waals surface area contributed by atoms with Gasteiger partial charge in [-0.05, 0) is 53.3 Å². The fourth-order valence-corrected chi connectivity index (χ4v) is 10.8. The van der Waals surface area contributed by atoms with Gasteiger partial charge in [-0.15, -0.1) is 0 Å². The van der Waals surface area contributed by atoms with Crippen LogP contribution in [-0.4, -0.2) is 8.80 Å². The standard InChI is InChI=1S/C50H30N2/c1-2-5-16-30(15-4-1)50(31-17-6-3-7-18-31)40-24-11-8-19-32(40)34-27-28-36-39-29-43-44(38-23-14-22-35-33-20-9-12-25-41(33)51(43)47(35)38)45-37-21-10-13-26-42(37)52(48(39)45)49(36)46(34)50/h1,3-4,6-15,17,19-29,31H,2,18H2. The Bertz CT molecular complexity index is 3420. The fourth-order valence-electron chi connectivity index (χ4n) is 10.8. The van der Waals surface area contributed by atoms with E-state index in [0.29, 0.717) is 0 Å². The molecule has 0 aliphatic heterocycles. The maximum atomic E-state index is 3.76. The highest BCUT2D eigenvalue weighted by Gasteiger charge is 2.52. The smallest absolute Gasteiger partial charge is 0.0629 e. The topological polar surface area (TPSA) is 8.82 Å². The summed E-state index contributed by atoms with van der Waals surface area (Å²) in [6.45, 7) is 0. The molecule has 0 spiro atoms. The average molecular weight is 659 g/mol. The summed E-state index contributed by atoms with van der Waals surface area (Å²) in [7, 11) is 0. The molecule has 0 bridgehead atoms. The number of rotatable bonds is 2. The van der Waals surface area contributed by atoms with Crippen LogP contribution in [0.3, 0.4) is 0 Å². The summed E-state index contributed by atoms with van der Waals surface area (Å²) in [5, 5.41) is 10.6. The van der Waals surface area contributed by atoms with Crippen molar-refractivity contribution in [3.8, 4) is 23.0 Å². The first-order valence-electron chi connectivity index (χ1n) is 18.5. The lowest BCUT2D eigenvalue weighted by Crippen LogP contribution is -2.36. The van der Waals surface area contributed by atoms with E-state index in [-0.39, 0.29) is 5.92 Å². The Labute approximate surface area is 299 Å². The van der Waals surface area contributed by atoms with Gasteiger partial charge in [0.05, 0.1) is 38.5 Å². The van der Waals surface area contributed by atoms with Crippen LogP contribution in [0.15, 0.2) is 157 Å². The van der Waals surface area contributed by atoms with Crippen molar-refractivity contribution in [2.45, 2.75) is 18.3 Å². The van der Waals surface area contributed by atoms with Crippen LogP contribution in [0.25, 0.3) is 87.3 Å². The molecular formula is C50H30N2. The van der Waals surface area contributed by atoms with Crippen molar-refractivity contribution in [1.29, 1.82) is 0 Å². The van der Waals surface area contributed by atoms with Crippen LogP contribution in [0.4, 0.5) is 0 Å². The first-order valence-corrected chi connectivity index (χ1v) is 18.5. The minimum absolute atomic E-state index is 0.205. The van der Waals surface area contributed by atoms with Crippen LogP contribution >= 0.6 is 0 Å². The number of hydrogen-bond acceptors (Lipinski definition) is 0. The lowest BCUT2D eigenvalue weighted by molar-refractivity contribution is 0.461. The van der Waals surface area contributed by atoms with Gasteiger partial charge in [-0.25, -0.2) is 0 Å². The third kappa shape index (κ3) is 2.97. The molecule has 3 aliphatic carbocycles. The molecule has 2 unspecified atom stereocenters. The first-order chi connectivity index (χ1) is 25.9. The third-order valence-corrected chi connectivity index (χ3v) is 12.7. The van der Waals surface area contributed by atoms with Gasteiger partial charge in [0.15, 0.2) is 0 Å². The van der Waals surface area contributed by atoms with E-state index in [9.17, 15) is 0 Å². The monoisotopic (exact) mass is 658 g/mol. The van der Waals surface area contributed by atoms with Crippen molar-refractivity contribution in [2.24, 2.45) is 5.92 Å². The van der Waals surface area contributed by atoms with E-state index in [1.165, 1.54) is 104 Å². The highest BCUT2D eigenvalue weighted by Crippen LogP contribution is 2.61. The van der Waals surface area contributed by atoms with Gasteiger partial charge in [0.2, 0.25) is 0 Å². The van der Waals surface area contributed by atoms with Crippen LogP contribution in [-0.2, 0) is 5.41 Å². The van der Waals surface area contributed by atoms with Crippen molar-refractivity contribution in [2.75, 3.05) is 0 Å². The molecule has 0 saturated carbocycles. The maximum Gasteiger partial charge on any atom is 0.0629 e. The van der Waals surface area contributed by atoms with E-state index >= 15 is 0 Å². The molecule has 240 valence electrons. The Hall–Kier alpha value is -6.56.